The van der Waals surface area contributed by atoms with Crippen molar-refractivity contribution >= 4 is 11.9 Å². The van der Waals surface area contributed by atoms with Crippen LogP contribution in [0, 0.1) is 5.92 Å². The van der Waals surface area contributed by atoms with Crippen LogP contribution in [0.4, 0.5) is 8.78 Å². The van der Waals surface area contributed by atoms with Gasteiger partial charge in [0, 0.05) is 31.7 Å². The summed E-state index contributed by atoms with van der Waals surface area (Å²) in [4.78, 5) is 22.0. The molecular formula is C14H23F2NO3. The van der Waals surface area contributed by atoms with E-state index in [-0.39, 0.29) is 43.9 Å². The topological polar surface area (TPSA) is 66.4 Å². The highest BCUT2D eigenvalue weighted by Gasteiger charge is 2.37. The Hall–Kier alpha value is -1.20. The van der Waals surface area contributed by atoms with Crippen molar-refractivity contribution in [3.63, 3.8) is 0 Å². The van der Waals surface area contributed by atoms with Crippen LogP contribution in [0.2, 0.25) is 0 Å². The number of unbranched alkanes of at least 4 members (excludes halogenated alkanes) is 3. The molecule has 0 unspecified atom stereocenters. The van der Waals surface area contributed by atoms with Crippen LogP contribution in [-0.4, -0.2) is 29.5 Å². The van der Waals surface area contributed by atoms with Crippen LogP contribution in [0.5, 0.6) is 0 Å². The highest BCUT2D eigenvalue weighted by atomic mass is 19.3. The van der Waals surface area contributed by atoms with E-state index in [2.05, 4.69) is 5.32 Å². The van der Waals surface area contributed by atoms with Gasteiger partial charge >= 0.3 is 5.97 Å². The average Bonchev–Trinajstić information content (AvgIpc) is 2.37. The molecule has 6 heteroatoms. The second kappa shape index (κ2) is 8.17. The molecule has 0 atom stereocenters. The van der Waals surface area contributed by atoms with E-state index >= 15 is 0 Å². The molecule has 1 rings (SSSR count). The van der Waals surface area contributed by atoms with Gasteiger partial charge in [-0.25, -0.2) is 8.78 Å². The fraction of sp³-hybridized carbons (Fsp3) is 0.857. The second-order valence-corrected chi connectivity index (χ2v) is 5.48. The van der Waals surface area contributed by atoms with Gasteiger partial charge in [0.05, 0.1) is 0 Å². The zero-order valence-electron chi connectivity index (χ0n) is 11.7. The first-order chi connectivity index (χ1) is 9.41. The molecule has 0 aromatic carbocycles. The molecule has 1 fully saturated rings. The molecule has 1 aliphatic rings. The Morgan fingerprint density at radius 1 is 1.10 bits per heavy atom. The van der Waals surface area contributed by atoms with E-state index in [9.17, 15) is 18.4 Å². The van der Waals surface area contributed by atoms with Crippen molar-refractivity contribution in [1.82, 2.24) is 5.32 Å². The quantitative estimate of drug-likeness (QED) is 0.676. The van der Waals surface area contributed by atoms with Crippen LogP contribution in [0.1, 0.15) is 57.8 Å². The number of aliphatic carboxylic acids is 1. The molecule has 1 aliphatic carbocycles. The van der Waals surface area contributed by atoms with Gasteiger partial charge < -0.3 is 10.4 Å². The first-order valence-electron chi connectivity index (χ1n) is 7.28. The van der Waals surface area contributed by atoms with Crippen LogP contribution in [0.3, 0.4) is 0 Å². The molecule has 0 heterocycles. The Bertz CT molecular complexity index is 324. The van der Waals surface area contributed by atoms with E-state index < -0.39 is 11.9 Å². The van der Waals surface area contributed by atoms with Gasteiger partial charge in [-0.05, 0) is 25.7 Å². The average molecular weight is 291 g/mol. The number of hydrogen-bond acceptors (Lipinski definition) is 2. The molecule has 0 radical (unpaired) electrons. The molecule has 0 spiro atoms. The van der Waals surface area contributed by atoms with Gasteiger partial charge in [-0.2, -0.15) is 0 Å². The van der Waals surface area contributed by atoms with Crippen molar-refractivity contribution in [1.29, 1.82) is 0 Å². The highest BCUT2D eigenvalue weighted by molar-refractivity contribution is 5.78. The van der Waals surface area contributed by atoms with Crippen LogP contribution < -0.4 is 5.32 Å². The summed E-state index contributed by atoms with van der Waals surface area (Å²) in [6.45, 7) is 0.540. The Morgan fingerprint density at radius 3 is 2.30 bits per heavy atom. The Morgan fingerprint density at radius 2 is 1.70 bits per heavy atom. The molecule has 1 amide bonds. The number of carboxylic acid groups (broad SMARTS) is 1. The van der Waals surface area contributed by atoms with E-state index in [0.29, 0.717) is 13.0 Å². The van der Waals surface area contributed by atoms with Crippen molar-refractivity contribution in [2.45, 2.75) is 63.7 Å². The minimum atomic E-state index is -2.60. The van der Waals surface area contributed by atoms with E-state index in [1.807, 2.05) is 0 Å². The van der Waals surface area contributed by atoms with E-state index in [4.69, 9.17) is 5.11 Å². The number of carbonyl (C=O) groups excluding carboxylic acids is 1. The number of halogens is 2. The zero-order valence-corrected chi connectivity index (χ0v) is 11.7. The number of alkyl halides is 2. The summed E-state index contributed by atoms with van der Waals surface area (Å²) in [5.74, 6) is -3.78. The molecule has 4 nitrogen and oxygen atoms in total. The van der Waals surface area contributed by atoms with Crippen LogP contribution in [-0.2, 0) is 9.59 Å². The molecule has 116 valence electrons. The molecule has 2 N–H and O–H groups in total. The predicted octanol–water partition coefficient (Wildman–Crippen LogP) is 2.96. The van der Waals surface area contributed by atoms with E-state index in [0.717, 1.165) is 19.3 Å². The smallest absolute Gasteiger partial charge is 0.303 e. The number of hydrogen-bond donors (Lipinski definition) is 2. The molecule has 0 saturated heterocycles. The van der Waals surface area contributed by atoms with Gasteiger partial charge in [0.1, 0.15) is 0 Å². The number of carboxylic acids is 1. The Balaban J connectivity index is 2.02. The van der Waals surface area contributed by atoms with Crippen molar-refractivity contribution in [2.75, 3.05) is 6.54 Å². The lowest BCUT2D eigenvalue weighted by molar-refractivity contribution is -0.137. The fourth-order valence-electron chi connectivity index (χ4n) is 2.41. The maximum absolute atomic E-state index is 12.9. The summed E-state index contributed by atoms with van der Waals surface area (Å²) >= 11 is 0. The number of carbonyl (C=O) groups is 2. The zero-order chi connectivity index (χ0) is 15.0. The minimum Gasteiger partial charge on any atom is -0.481 e. The van der Waals surface area contributed by atoms with Gasteiger partial charge in [-0.15, -0.1) is 0 Å². The number of nitrogens with one attached hydrogen (secondary N) is 1. The van der Waals surface area contributed by atoms with E-state index in [1.165, 1.54) is 0 Å². The minimum absolute atomic E-state index is 0.119. The SMILES string of the molecule is O=C(O)CCCCCCNC(=O)C1CCC(F)(F)CC1. The van der Waals surface area contributed by atoms with Gasteiger partial charge in [-0.1, -0.05) is 12.8 Å². The first-order valence-corrected chi connectivity index (χ1v) is 7.28. The molecular weight excluding hydrogens is 268 g/mol. The monoisotopic (exact) mass is 291 g/mol. The van der Waals surface area contributed by atoms with Crippen molar-refractivity contribution in [3.05, 3.63) is 0 Å². The summed E-state index contributed by atoms with van der Waals surface area (Å²) < 4.78 is 25.9. The van der Waals surface area contributed by atoms with Crippen LogP contribution in [0.25, 0.3) is 0 Å². The molecule has 1 saturated carbocycles. The number of rotatable bonds is 8. The second-order valence-electron chi connectivity index (χ2n) is 5.48. The largest absolute Gasteiger partial charge is 0.481 e. The normalized spacial score (nSPS) is 18.7. The molecule has 0 aromatic rings. The lowest BCUT2D eigenvalue weighted by atomic mass is 9.86. The highest BCUT2D eigenvalue weighted by Crippen LogP contribution is 2.36. The van der Waals surface area contributed by atoms with Crippen LogP contribution in [0.15, 0.2) is 0 Å². The van der Waals surface area contributed by atoms with Crippen molar-refractivity contribution in [2.24, 2.45) is 5.92 Å². The fourth-order valence-corrected chi connectivity index (χ4v) is 2.41. The summed E-state index contributed by atoms with van der Waals surface area (Å²) in [5, 5.41) is 11.2. The van der Waals surface area contributed by atoms with Gasteiger partial charge in [-0.3, -0.25) is 9.59 Å². The van der Waals surface area contributed by atoms with Crippen LogP contribution >= 0.6 is 0 Å². The summed E-state index contributed by atoms with van der Waals surface area (Å²) in [6, 6.07) is 0. The third-order valence-corrected chi connectivity index (χ3v) is 3.70. The lowest BCUT2D eigenvalue weighted by Crippen LogP contribution is -2.36. The maximum Gasteiger partial charge on any atom is 0.303 e. The van der Waals surface area contributed by atoms with Gasteiger partial charge in [0.25, 0.3) is 0 Å². The Labute approximate surface area is 117 Å². The Kier molecular flexibility index (Phi) is 6.88. The standard InChI is InChI=1S/C14H23F2NO3/c15-14(16)8-6-11(7-9-14)13(20)17-10-4-2-1-3-5-12(18)19/h11H,1-10H2,(H,17,20)(H,18,19). The molecule has 0 bridgehead atoms. The molecule has 0 aromatic heterocycles. The van der Waals surface area contributed by atoms with Gasteiger partial charge in [0.2, 0.25) is 11.8 Å². The summed E-state index contributed by atoms with van der Waals surface area (Å²) in [6.07, 6.45) is 3.47. The summed E-state index contributed by atoms with van der Waals surface area (Å²) in [5.41, 5.74) is 0. The summed E-state index contributed by atoms with van der Waals surface area (Å²) in [7, 11) is 0. The number of amides is 1. The predicted molar refractivity (Wildman–Crippen MR) is 70.6 cm³/mol. The van der Waals surface area contributed by atoms with Gasteiger partial charge in [0.15, 0.2) is 0 Å². The third kappa shape index (κ3) is 6.82. The van der Waals surface area contributed by atoms with Crippen molar-refractivity contribution in [3.8, 4) is 0 Å². The lowest BCUT2D eigenvalue weighted by Gasteiger charge is -2.27. The molecule has 0 aliphatic heterocycles. The third-order valence-electron chi connectivity index (χ3n) is 3.70. The maximum atomic E-state index is 12.9. The first kappa shape index (κ1) is 16.9. The molecule has 20 heavy (non-hydrogen) atoms. The van der Waals surface area contributed by atoms with Crippen molar-refractivity contribution < 1.29 is 23.5 Å². The van der Waals surface area contributed by atoms with E-state index in [1.54, 1.807) is 0 Å².